The molecule has 3 rings (SSSR count). The van der Waals surface area contributed by atoms with E-state index in [0.29, 0.717) is 17.3 Å². The van der Waals surface area contributed by atoms with Gasteiger partial charge in [-0.15, -0.1) is 6.58 Å². The van der Waals surface area contributed by atoms with Crippen LogP contribution in [0.5, 0.6) is 5.75 Å². The van der Waals surface area contributed by atoms with E-state index in [4.69, 9.17) is 11.6 Å². The molecule has 1 aliphatic carbocycles. The van der Waals surface area contributed by atoms with Crippen molar-refractivity contribution in [3.63, 3.8) is 0 Å². The number of benzene rings is 1. The molecule has 1 aromatic heterocycles. The summed E-state index contributed by atoms with van der Waals surface area (Å²) in [5.41, 5.74) is 1.87. The third-order valence-electron chi connectivity index (χ3n) is 5.23. The van der Waals surface area contributed by atoms with E-state index in [2.05, 4.69) is 16.5 Å². The van der Waals surface area contributed by atoms with Crippen LogP contribution in [-0.4, -0.2) is 20.9 Å². The molecule has 0 amide bonds. The van der Waals surface area contributed by atoms with Crippen LogP contribution in [0.2, 0.25) is 5.02 Å². The van der Waals surface area contributed by atoms with Crippen LogP contribution < -0.4 is 0 Å². The standard InChI is InChI=1S/C21H23ClN2O2/c1-3-4-14-5-7-15(8-6-14)16-11-23-21(24-12-16)18-10-9-17(13(2)25)20(26)19(18)22/h3,9-12,14-15,26H,1,4-8H2,2H3. The monoisotopic (exact) mass is 370 g/mol. The highest BCUT2D eigenvalue weighted by Crippen LogP contribution is 2.38. The number of hydrogen-bond acceptors (Lipinski definition) is 4. The van der Waals surface area contributed by atoms with Crippen molar-refractivity contribution in [2.75, 3.05) is 0 Å². The summed E-state index contributed by atoms with van der Waals surface area (Å²) in [5.74, 6) is 1.24. The summed E-state index contributed by atoms with van der Waals surface area (Å²) < 4.78 is 0. The maximum absolute atomic E-state index is 11.5. The number of nitrogens with zero attached hydrogens (tertiary/aromatic N) is 2. The van der Waals surface area contributed by atoms with Gasteiger partial charge in [-0.25, -0.2) is 9.97 Å². The van der Waals surface area contributed by atoms with Crippen LogP contribution in [0.25, 0.3) is 11.4 Å². The molecule has 4 nitrogen and oxygen atoms in total. The number of phenols is 1. The fourth-order valence-electron chi connectivity index (χ4n) is 3.68. The van der Waals surface area contributed by atoms with Gasteiger partial charge >= 0.3 is 0 Å². The van der Waals surface area contributed by atoms with Crippen LogP contribution >= 0.6 is 11.6 Å². The molecule has 1 saturated carbocycles. The van der Waals surface area contributed by atoms with Crippen molar-refractivity contribution in [3.05, 3.63) is 53.3 Å². The number of allylic oxidation sites excluding steroid dienone is 1. The van der Waals surface area contributed by atoms with Crippen LogP contribution in [0.4, 0.5) is 0 Å². The summed E-state index contributed by atoms with van der Waals surface area (Å²) >= 11 is 6.22. The Morgan fingerprint density at radius 1 is 1.27 bits per heavy atom. The number of aromatic nitrogens is 2. The molecule has 1 heterocycles. The summed E-state index contributed by atoms with van der Waals surface area (Å²) in [7, 11) is 0. The summed E-state index contributed by atoms with van der Waals surface area (Å²) in [4.78, 5) is 20.4. The van der Waals surface area contributed by atoms with E-state index < -0.39 is 0 Å². The third-order valence-corrected chi connectivity index (χ3v) is 5.61. The molecule has 26 heavy (non-hydrogen) atoms. The Kier molecular flexibility index (Phi) is 5.72. The van der Waals surface area contributed by atoms with E-state index in [1.165, 1.54) is 19.8 Å². The lowest BCUT2D eigenvalue weighted by Crippen LogP contribution is -2.13. The molecule has 5 heteroatoms. The molecular formula is C21H23ClN2O2. The van der Waals surface area contributed by atoms with Crippen LogP contribution in [0.1, 0.15) is 60.9 Å². The van der Waals surface area contributed by atoms with Crippen molar-refractivity contribution in [1.29, 1.82) is 0 Å². The van der Waals surface area contributed by atoms with Crippen LogP contribution in [-0.2, 0) is 0 Å². The van der Waals surface area contributed by atoms with Gasteiger partial charge in [-0.1, -0.05) is 17.7 Å². The third kappa shape index (κ3) is 3.80. The van der Waals surface area contributed by atoms with Crippen molar-refractivity contribution >= 4 is 17.4 Å². The smallest absolute Gasteiger partial charge is 0.163 e. The first-order valence-corrected chi connectivity index (χ1v) is 9.34. The van der Waals surface area contributed by atoms with Crippen molar-refractivity contribution in [2.24, 2.45) is 5.92 Å². The van der Waals surface area contributed by atoms with E-state index in [1.54, 1.807) is 12.1 Å². The predicted octanol–water partition coefficient (Wildman–Crippen LogP) is 5.56. The number of halogens is 1. The van der Waals surface area contributed by atoms with Gasteiger partial charge in [0.1, 0.15) is 5.75 Å². The molecule has 0 bridgehead atoms. The predicted molar refractivity (Wildman–Crippen MR) is 104 cm³/mol. The minimum atomic E-state index is -0.237. The summed E-state index contributed by atoms with van der Waals surface area (Å²) in [6.45, 7) is 5.22. The van der Waals surface area contributed by atoms with Gasteiger partial charge in [-0.3, -0.25) is 4.79 Å². The summed E-state index contributed by atoms with van der Waals surface area (Å²) in [5, 5.41) is 10.2. The molecule has 0 saturated heterocycles. The van der Waals surface area contributed by atoms with E-state index in [1.807, 2.05) is 18.5 Å². The van der Waals surface area contributed by atoms with Crippen LogP contribution in [0.15, 0.2) is 37.2 Å². The fraction of sp³-hybridized carbons (Fsp3) is 0.381. The van der Waals surface area contributed by atoms with Gasteiger partial charge < -0.3 is 5.11 Å². The lowest BCUT2D eigenvalue weighted by atomic mass is 9.78. The van der Waals surface area contributed by atoms with Crippen LogP contribution in [0, 0.1) is 5.92 Å². The first kappa shape index (κ1) is 18.6. The lowest BCUT2D eigenvalue weighted by molar-refractivity contribution is 0.101. The van der Waals surface area contributed by atoms with Crippen molar-refractivity contribution in [3.8, 4) is 17.1 Å². The van der Waals surface area contributed by atoms with Gasteiger partial charge in [0, 0.05) is 18.0 Å². The molecule has 1 fully saturated rings. The van der Waals surface area contributed by atoms with Gasteiger partial charge in [0.05, 0.1) is 10.6 Å². The van der Waals surface area contributed by atoms with Gasteiger partial charge in [-0.2, -0.15) is 0 Å². The number of carbonyl (C=O) groups excluding carboxylic acids is 1. The number of ketones is 1. The van der Waals surface area contributed by atoms with Gasteiger partial charge in [0.2, 0.25) is 0 Å². The highest BCUT2D eigenvalue weighted by molar-refractivity contribution is 6.35. The molecular weight excluding hydrogens is 348 g/mol. The topological polar surface area (TPSA) is 63.1 Å². The van der Waals surface area contributed by atoms with Crippen molar-refractivity contribution < 1.29 is 9.90 Å². The highest BCUT2D eigenvalue weighted by atomic mass is 35.5. The van der Waals surface area contributed by atoms with Crippen molar-refractivity contribution in [1.82, 2.24) is 9.97 Å². The average Bonchev–Trinajstić information content (AvgIpc) is 2.65. The Morgan fingerprint density at radius 2 is 1.92 bits per heavy atom. The quantitative estimate of drug-likeness (QED) is 0.553. The minimum Gasteiger partial charge on any atom is -0.506 e. The number of hydrogen-bond donors (Lipinski definition) is 1. The Balaban J connectivity index is 1.77. The second-order valence-corrected chi connectivity index (χ2v) is 7.34. The highest BCUT2D eigenvalue weighted by Gasteiger charge is 2.22. The number of carbonyl (C=O) groups is 1. The molecule has 136 valence electrons. The van der Waals surface area contributed by atoms with Gasteiger partial charge in [-0.05, 0) is 68.6 Å². The molecule has 1 aromatic carbocycles. The maximum Gasteiger partial charge on any atom is 0.163 e. The zero-order valence-electron chi connectivity index (χ0n) is 14.9. The van der Waals surface area contributed by atoms with E-state index in [-0.39, 0.29) is 22.1 Å². The molecule has 0 radical (unpaired) electrons. The number of rotatable bonds is 5. The Hall–Kier alpha value is -2.20. The van der Waals surface area contributed by atoms with Crippen molar-refractivity contribution in [2.45, 2.75) is 44.9 Å². The second kappa shape index (κ2) is 8.00. The van der Waals surface area contributed by atoms with Crippen LogP contribution in [0.3, 0.4) is 0 Å². The van der Waals surface area contributed by atoms with E-state index in [0.717, 1.165) is 30.7 Å². The molecule has 1 aliphatic rings. The normalized spacial score (nSPS) is 19.9. The number of Topliss-reactive ketones (excluding diaryl/α,β-unsaturated/α-hetero) is 1. The average molecular weight is 371 g/mol. The molecule has 2 aromatic rings. The van der Waals surface area contributed by atoms with E-state index in [9.17, 15) is 9.90 Å². The molecule has 1 N–H and O–H groups in total. The minimum absolute atomic E-state index is 0.107. The Morgan fingerprint density at radius 3 is 2.50 bits per heavy atom. The number of phenolic OH excluding ortho intramolecular Hbond substituents is 1. The van der Waals surface area contributed by atoms with Gasteiger partial charge in [0.15, 0.2) is 11.6 Å². The maximum atomic E-state index is 11.5. The first-order valence-electron chi connectivity index (χ1n) is 8.96. The van der Waals surface area contributed by atoms with Gasteiger partial charge in [0.25, 0.3) is 0 Å². The number of aromatic hydroxyl groups is 1. The SMILES string of the molecule is C=CCC1CCC(c2cnc(-c3ccc(C(C)=O)c(O)c3Cl)nc2)CC1. The molecule has 0 unspecified atom stereocenters. The largest absolute Gasteiger partial charge is 0.506 e. The molecule has 0 aliphatic heterocycles. The zero-order valence-corrected chi connectivity index (χ0v) is 15.7. The summed E-state index contributed by atoms with van der Waals surface area (Å²) in [6, 6.07) is 3.23. The first-order chi connectivity index (χ1) is 12.5. The Bertz CT molecular complexity index is 810. The molecule has 0 spiro atoms. The van der Waals surface area contributed by atoms with E-state index >= 15 is 0 Å². The zero-order chi connectivity index (χ0) is 18.7. The lowest BCUT2D eigenvalue weighted by Gasteiger charge is -2.27. The second-order valence-electron chi connectivity index (χ2n) is 6.96. The fourth-order valence-corrected chi connectivity index (χ4v) is 3.93. The summed E-state index contributed by atoms with van der Waals surface area (Å²) in [6.07, 6.45) is 11.5. The molecule has 0 atom stereocenters. The Labute approximate surface area is 159 Å².